The lowest BCUT2D eigenvalue weighted by Crippen LogP contribution is -2.51. The highest BCUT2D eigenvalue weighted by atomic mass is 32.1. The van der Waals surface area contributed by atoms with Crippen molar-refractivity contribution in [2.24, 2.45) is 0 Å². The Labute approximate surface area is 184 Å². The molecule has 2 aromatic heterocycles. The Balaban J connectivity index is 0.00000218. The van der Waals surface area contributed by atoms with Crippen LogP contribution in [0.2, 0.25) is 0 Å². The summed E-state index contributed by atoms with van der Waals surface area (Å²) in [7, 11) is 0. The number of aromatic amines is 1. The van der Waals surface area contributed by atoms with Gasteiger partial charge < -0.3 is 15.2 Å². The molecule has 0 bridgehead atoms. The maximum absolute atomic E-state index is 13.5. The third kappa shape index (κ3) is 4.46. The van der Waals surface area contributed by atoms with Gasteiger partial charge in [0.25, 0.3) is 0 Å². The molecule has 2 fully saturated rings. The lowest BCUT2D eigenvalue weighted by molar-refractivity contribution is 0.169. The van der Waals surface area contributed by atoms with Crippen molar-refractivity contribution in [2.75, 3.05) is 26.2 Å². The second-order valence-electron chi connectivity index (χ2n) is 8.27. The molecule has 158 valence electrons. The topological polar surface area (TPSA) is 44.0 Å². The maximum atomic E-state index is 13.5. The second kappa shape index (κ2) is 9.33. The molecule has 2 aliphatic heterocycles. The Morgan fingerprint density at radius 3 is 2.30 bits per heavy atom. The first-order chi connectivity index (χ1) is 14.3. The Bertz CT molecular complexity index is 945. The zero-order valence-electron chi connectivity index (χ0n) is 17.1. The Morgan fingerprint density at radius 1 is 0.967 bits per heavy atom. The molecule has 1 atom stereocenters. The van der Waals surface area contributed by atoms with Crippen molar-refractivity contribution in [2.45, 2.75) is 31.2 Å². The normalized spacial score (nSPS) is 19.8. The van der Waals surface area contributed by atoms with Gasteiger partial charge in [-0.2, -0.15) is 13.5 Å². The smallest absolute Gasteiger partial charge is 0.123 e. The van der Waals surface area contributed by atoms with Crippen molar-refractivity contribution in [1.29, 1.82) is 0 Å². The molecule has 30 heavy (non-hydrogen) atoms. The molecule has 2 aliphatic rings. The van der Waals surface area contributed by atoms with Crippen LogP contribution in [0.1, 0.15) is 30.9 Å². The van der Waals surface area contributed by atoms with Gasteiger partial charge in [0.1, 0.15) is 5.82 Å². The SMILES string of the molecule is Fc1ccc(-c2[nH]c(C3CCN(C[C@@H]4CCN4)CC3)cc2-c2ccncc2)cc1.S. The van der Waals surface area contributed by atoms with Gasteiger partial charge in [0.05, 0.1) is 5.69 Å². The standard InChI is InChI=1S/C24H27FN4.H2S/c25-20-3-1-19(2-4-20)24-22(17-5-10-26-11-6-17)15-23(28-24)18-8-13-29(14-9-18)16-21-7-12-27-21;/h1-6,10-11,15,18,21,27-28H,7-9,12-14,16H2;1H2/t21-;/m0./s1. The molecule has 0 amide bonds. The van der Waals surface area contributed by atoms with Crippen molar-refractivity contribution in [3.63, 3.8) is 0 Å². The summed E-state index contributed by atoms with van der Waals surface area (Å²) in [5.74, 6) is 0.328. The van der Waals surface area contributed by atoms with E-state index in [9.17, 15) is 4.39 Å². The molecule has 4 nitrogen and oxygen atoms in total. The van der Waals surface area contributed by atoms with Crippen LogP contribution in [0.4, 0.5) is 4.39 Å². The van der Waals surface area contributed by atoms with Crippen LogP contribution in [0.5, 0.6) is 0 Å². The molecule has 0 aliphatic carbocycles. The first-order valence-electron chi connectivity index (χ1n) is 10.6. The largest absolute Gasteiger partial charge is 0.358 e. The quantitative estimate of drug-likeness (QED) is 0.632. The van der Waals surface area contributed by atoms with Gasteiger partial charge in [-0.25, -0.2) is 4.39 Å². The van der Waals surface area contributed by atoms with E-state index >= 15 is 0 Å². The average molecular weight is 425 g/mol. The molecule has 2 N–H and O–H groups in total. The van der Waals surface area contributed by atoms with Crippen molar-refractivity contribution < 1.29 is 4.39 Å². The number of H-pyrrole nitrogens is 1. The minimum absolute atomic E-state index is 0. The van der Waals surface area contributed by atoms with Gasteiger partial charge in [-0.05, 0) is 92.5 Å². The first kappa shape index (κ1) is 21.1. The number of hydrogen-bond acceptors (Lipinski definition) is 3. The lowest BCUT2D eigenvalue weighted by atomic mass is 9.92. The Hall–Kier alpha value is -2.15. The predicted molar refractivity (Wildman–Crippen MR) is 125 cm³/mol. The molecule has 2 saturated heterocycles. The fourth-order valence-corrected chi connectivity index (χ4v) is 4.54. The van der Waals surface area contributed by atoms with E-state index in [1.807, 2.05) is 36.7 Å². The molecule has 0 saturated carbocycles. The van der Waals surface area contributed by atoms with Crippen LogP contribution in [-0.2, 0) is 0 Å². The Morgan fingerprint density at radius 2 is 1.67 bits per heavy atom. The van der Waals surface area contributed by atoms with Gasteiger partial charge in [0.2, 0.25) is 0 Å². The summed E-state index contributed by atoms with van der Waals surface area (Å²) in [5, 5.41) is 3.51. The Kier molecular flexibility index (Phi) is 6.56. The molecular formula is C24H29FN4S. The summed E-state index contributed by atoms with van der Waals surface area (Å²) >= 11 is 0. The van der Waals surface area contributed by atoms with E-state index in [1.54, 1.807) is 0 Å². The third-order valence-electron chi connectivity index (χ3n) is 6.39. The van der Waals surface area contributed by atoms with Crippen LogP contribution < -0.4 is 5.32 Å². The minimum atomic E-state index is -0.209. The molecule has 1 aromatic carbocycles. The van der Waals surface area contributed by atoms with E-state index in [-0.39, 0.29) is 19.3 Å². The number of piperidine rings is 1. The van der Waals surface area contributed by atoms with Gasteiger partial charge in [-0.3, -0.25) is 4.98 Å². The van der Waals surface area contributed by atoms with E-state index in [0.717, 1.165) is 35.5 Å². The number of rotatable bonds is 5. The number of pyridine rings is 1. The summed E-state index contributed by atoms with van der Waals surface area (Å²) in [4.78, 5) is 10.4. The zero-order valence-corrected chi connectivity index (χ0v) is 18.1. The van der Waals surface area contributed by atoms with E-state index in [2.05, 4.69) is 26.3 Å². The van der Waals surface area contributed by atoms with E-state index in [0.29, 0.717) is 12.0 Å². The van der Waals surface area contributed by atoms with Gasteiger partial charge in [-0.15, -0.1) is 0 Å². The van der Waals surface area contributed by atoms with Gasteiger partial charge in [0, 0.05) is 42.2 Å². The van der Waals surface area contributed by atoms with Crippen molar-refractivity contribution in [3.8, 4) is 22.4 Å². The predicted octanol–water partition coefficient (Wildman–Crippen LogP) is 4.54. The van der Waals surface area contributed by atoms with E-state index < -0.39 is 0 Å². The molecule has 0 radical (unpaired) electrons. The van der Waals surface area contributed by atoms with Crippen LogP contribution in [0.25, 0.3) is 22.4 Å². The number of likely N-dealkylation sites (tertiary alicyclic amines) is 1. The second-order valence-corrected chi connectivity index (χ2v) is 8.27. The van der Waals surface area contributed by atoms with Gasteiger partial charge >= 0.3 is 0 Å². The number of nitrogens with one attached hydrogen (secondary N) is 2. The summed E-state index contributed by atoms with van der Waals surface area (Å²) in [6.45, 7) is 4.66. The molecule has 3 aromatic rings. The number of aromatic nitrogens is 2. The van der Waals surface area contributed by atoms with Crippen LogP contribution in [0.15, 0.2) is 54.9 Å². The highest BCUT2D eigenvalue weighted by Gasteiger charge is 2.26. The molecule has 0 spiro atoms. The summed E-state index contributed by atoms with van der Waals surface area (Å²) in [6.07, 6.45) is 7.30. The number of hydrogen-bond donors (Lipinski definition) is 2. The summed E-state index contributed by atoms with van der Waals surface area (Å²) in [6, 6.07) is 13.8. The van der Waals surface area contributed by atoms with Crippen LogP contribution in [0, 0.1) is 5.82 Å². The highest BCUT2D eigenvalue weighted by molar-refractivity contribution is 7.59. The monoisotopic (exact) mass is 424 g/mol. The van der Waals surface area contributed by atoms with E-state index in [1.165, 1.54) is 50.2 Å². The first-order valence-corrected chi connectivity index (χ1v) is 10.6. The number of halogens is 1. The number of nitrogens with zero attached hydrogens (tertiary/aromatic N) is 2. The molecule has 5 rings (SSSR count). The zero-order chi connectivity index (χ0) is 19.6. The van der Waals surface area contributed by atoms with Crippen molar-refractivity contribution >= 4 is 13.5 Å². The average Bonchev–Trinajstić information content (AvgIpc) is 3.18. The van der Waals surface area contributed by atoms with Crippen LogP contribution in [0.3, 0.4) is 0 Å². The molecular weight excluding hydrogens is 395 g/mol. The minimum Gasteiger partial charge on any atom is -0.358 e. The number of benzene rings is 1. The lowest BCUT2D eigenvalue weighted by Gasteiger charge is -2.37. The van der Waals surface area contributed by atoms with Crippen molar-refractivity contribution in [3.05, 3.63) is 66.4 Å². The fraction of sp³-hybridized carbons (Fsp3) is 0.375. The summed E-state index contributed by atoms with van der Waals surface area (Å²) < 4.78 is 13.5. The molecule has 6 heteroatoms. The van der Waals surface area contributed by atoms with Gasteiger partial charge in [0.15, 0.2) is 0 Å². The fourth-order valence-electron chi connectivity index (χ4n) is 4.54. The van der Waals surface area contributed by atoms with Crippen LogP contribution in [-0.4, -0.2) is 47.1 Å². The maximum Gasteiger partial charge on any atom is 0.123 e. The van der Waals surface area contributed by atoms with Crippen molar-refractivity contribution in [1.82, 2.24) is 20.2 Å². The summed E-state index contributed by atoms with van der Waals surface area (Å²) in [5.41, 5.74) is 5.66. The van der Waals surface area contributed by atoms with Gasteiger partial charge in [-0.1, -0.05) is 0 Å². The third-order valence-corrected chi connectivity index (χ3v) is 6.39. The molecule has 4 heterocycles. The van der Waals surface area contributed by atoms with E-state index in [4.69, 9.17) is 0 Å². The highest BCUT2D eigenvalue weighted by Crippen LogP contribution is 2.37. The van der Waals surface area contributed by atoms with Crippen LogP contribution >= 0.6 is 13.5 Å². The molecule has 0 unspecified atom stereocenters.